The van der Waals surface area contributed by atoms with Gasteiger partial charge in [0, 0.05) is 12.0 Å². The van der Waals surface area contributed by atoms with Crippen LogP contribution in [0, 0.1) is 17.4 Å². The Bertz CT molecular complexity index is 367. The minimum absolute atomic E-state index is 0.177. The highest BCUT2D eigenvalue weighted by molar-refractivity contribution is 6.87. The molecule has 0 aromatic rings. The molecule has 0 amide bonds. The second kappa shape index (κ2) is 9.79. The number of carbonyl (C=O) groups excluding carboxylic acids is 1. The van der Waals surface area contributed by atoms with Crippen LogP contribution in [-0.2, 0) is 9.53 Å². The Labute approximate surface area is 124 Å². The molecule has 0 aliphatic rings. The summed E-state index contributed by atoms with van der Waals surface area (Å²) in [5.41, 5.74) is 3.36. The maximum Gasteiger partial charge on any atom is 0.330 e. The van der Waals surface area contributed by atoms with Gasteiger partial charge in [-0.1, -0.05) is 39.7 Å². The minimum Gasteiger partial charge on any atom is -0.463 e. The van der Waals surface area contributed by atoms with Crippen molar-refractivity contribution in [1.29, 1.82) is 0 Å². The van der Waals surface area contributed by atoms with E-state index in [2.05, 4.69) is 32.2 Å². The summed E-state index contributed by atoms with van der Waals surface area (Å²) in [7, 11) is -1.52. The molecule has 0 heterocycles. The average molecular weight is 296 g/mol. The zero-order valence-corrected chi connectivity index (χ0v) is 14.4. The SMILES string of the molecule is CCOC(=O)/C=C/[C@@H](C)[C@@H](O)C#C[Si](CC)(CC)CC. The van der Waals surface area contributed by atoms with Gasteiger partial charge in [-0.3, -0.25) is 0 Å². The van der Waals surface area contributed by atoms with Gasteiger partial charge in [-0.05, 0) is 25.1 Å². The number of aliphatic hydroxyl groups excluding tert-OH is 1. The molecule has 4 heteroatoms. The van der Waals surface area contributed by atoms with E-state index in [0.717, 1.165) is 18.1 Å². The fourth-order valence-corrected chi connectivity index (χ4v) is 4.38. The number of esters is 1. The highest BCUT2D eigenvalue weighted by atomic mass is 28.3. The van der Waals surface area contributed by atoms with Crippen molar-refractivity contribution in [1.82, 2.24) is 0 Å². The number of carbonyl (C=O) groups is 1. The maximum absolute atomic E-state index is 11.2. The molecule has 0 aromatic heterocycles. The smallest absolute Gasteiger partial charge is 0.330 e. The van der Waals surface area contributed by atoms with Crippen LogP contribution in [0.15, 0.2) is 12.2 Å². The van der Waals surface area contributed by atoms with Gasteiger partial charge in [0.05, 0.1) is 6.61 Å². The van der Waals surface area contributed by atoms with Crippen molar-refractivity contribution >= 4 is 14.0 Å². The van der Waals surface area contributed by atoms with E-state index in [1.807, 2.05) is 6.92 Å². The summed E-state index contributed by atoms with van der Waals surface area (Å²) >= 11 is 0. The Kier molecular flexibility index (Phi) is 9.27. The highest BCUT2D eigenvalue weighted by Crippen LogP contribution is 2.19. The van der Waals surface area contributed by atoms with Gasteiger partial charge in [0.15, 0.2) is 0 Å². The van der Waals surface area contributed by atoms with E-state index in [0.29, 0.717) is 6.61 Å². The molecular formula is C16H28O3Si. The van der Waals surface area contributed by atoms with Gasteiger partial charge in [0.1, 0.15) is 14.2 Å². The zero-order valence-electron chi connectivity index (χ0n) is 13.4. The van der Waals surface area contributed by atoms with Crippen LogP contribution in [-0.4, -0.2) is 31.9 Å². The summed E-state index contributed by atoms with van der Waals surface area (Å²) in [6.07, 6.45) is 2.30. The lowest BCUT2D eigenvalue weighted by atomic mass is 10.1. The second-order valence-corrected chi connectivity index (χ2v) is 9.96. The standard InChI is InChI=1S/C16H28O3Si/c1-6-19-16(18)11-10-14(5)15(17)12-13-20(7-2,8-3)9-4/h10-11,14-15,17H,6-9H2,1-5H3/b11-10+/t14-,15+/m1/s1. The van der Waals surface area contributed by atoms with Crippen molar-refractivity contribution in [2.45, 2.75) is 58.9 Å². The van der Waals surface area contributed by atoms with Crippen LogP contribution in [0.25, 0.3) is 0 Å². The van der Waals surface area contributed by atoms with Crippen LogP contribution in [0.2, 0.25) is 18.1 Å². The van der Waals surface area contributed by atoms with Gasteiger partial charge in [-0.25, -0.2) is 4.79 Å². The molecule has 0 aliphatic carbocycles. The summed E-state index contributed by atoms with van der Waals surface area (Å²) in [4.78, 5) is 11.2. The molecule has 2 atom stereocenters. The van der Waals surface area contributed by atoms with E-state index in [1.165, 1.54) is 6.08 Å². The Morgan fingerprint density at radius 1 is 1.25 bits per heavy atom. The number of rotatable bonds is 7. The van der Waals surface area contributed by atoms with Crippen LogP contribution < -0.4 is 0 Å². The van der Waals surface area contributed by atoms with Crippen LogP contribution in [0.4, 0.5) is 0 Å². The Balaban J connectivity index is 4.68. The number of aliphatic hydroxyl groups is 1. The third-order valence-corrected chi connectivity index (χ3v) is 8.57. The first-order valence-corrected chi connectivity index (χ1v) is 10.1. The Morgan fingerprint density at radius 3 is 2.25 bits per heavy atom. The molecule has 20 heavy (non-hydrogen) atoms. The van der Waals surface area contributed by atoms with Crippen molar-refractivity contribution in [3.05, 3.63) is 12.2 Å². The monoisotopic (exact) mass is 296 g/mol. The maximum atomic E-state index is 11.2. The molecule has 0 radical (unpaired) electrons. The topological polar surface area (TPSA) is 46.5 Å². The predicted molar refractivity (Wildman–Crippen MR) is 85.9 cm³/mol. The molecule has 0 saturated carbocycles. The largest absolute Gasteiger partial charge is 0.463 e. The van der Waals surface area contributed by atoms with Crippen LogP contribution in [0.3, 0.4) is 0 Å². The molecule has 0 unspecified atom stereocenters. The van der Waals surface area contributed by atoms with Gasteiger partial charge in [-0.15, -0.1) is 5.54 Å². The molecular weight excluding hydrogens is 268 g/mol. The molecule has 0 spiro atoms. The molecule has 1 N–H and O–H groups in total. The summed E-state index contributed by atoms with van der Waals surface area (Å²) in [6, 6.07) is 3.35. The minimum atomic E-state index is -1.52. The first-order chi connectivity index (χ1) is 9.44. The van der Waals surface area contributed by atoms with E-state index in [4.69, 9.17) is 4.74 Å². The lowest BCUT2D eigenvalue weighted by Gasteiger charge is -2.20. The van der Waals surface area contributed by atoms with E-state index in [-0.39, 0.29) is 11.9 Å². The van der Waals surface area contributed by atoms with E-state index in [1.54, 1.807) is 13.0 Å². The number of hydrogen-bond donors (Lipinski definition) is 1. The molecule has 0 saturated heterocycles. The van der Waals surface area contributed by atoms with Gasteiger partial charge in [-0.2, -0.15) is 0 Å². The number of ether oxygens (including phenoxy) is 1. The summed E-state index contributed by atoms with van der Waals surface area (Å²) < 4.78 is 4.80. The van der Waals surface area contributed by atoms with E-state index >= 15 is 0 Å². The summed E-state index contributed by atoms with van der Waals surface area (Å²) in [5, 5.41) is 10.1. The third-order valence-electron chi connectivity index (χ3n) is 3.84. The molecule has 3 nitrogen and oxygen atoms in total. The van der Waals surface area contributed by atoms with E-state index in [9.17, 15) is 9.90 Å². The fraction of sp³-hybridized carbons (Fsp3) is 0.688. The first kappa shape index (κ1) is 18.9. The third kappa shape index (κ3) is 6.40. The van der Waals surface area contributed by atoms with Gasteiger partial charge in [0.2, 0.25) is 0 Å². The molecule has 0 aliphatic heterocycles. The Hall–Kier alpha value is -1.05. The fourth-order valence-electron chi connectivity index (χ4n) is 1.90. The average Bonchev–Trinajstić information content (AvgIpc) is 2.46. The number of hydrogen-bond acceptors (Lipinski definition) is 3. The lowest BCUT2D eigenvalue weighted by molar-refractivity contribution is -0.137. The van der Waals surface area contributed by atoms with Crippen molar-refractivity contribution in [3.63, 3.8) is 0 Å². The molecule has 0 rings (SSSR count). The zero-order chi connectivity index (χ0) is 15.6. The summed E-state index contributed by atoms with van der Waals surface area (Å²) in [5.74, 6) is 2.44. The van der Waals surface area contributed by atoms with Gasteiger partial charge < -0.3 is 9.84 Å². The van der Waals surface area contributed by atoms with Crippen LogP contribution in [0.5, 0.6) is 0 Å². The van der Waals surface area contributed by atoms with Crippen molar-refractivity contribution < 1.29 is 14.6 Å². The van der Waals surface area contributed by atoms with Gasteiger partial charge >= 0.3 is 5.97 Å². The van der Waals surface area contributed by atoms with Crippen molar-refractivity contribution in [2.24, 2.45) is 5.92 Å². The highest BCUT2D eigenvalue weighted by Gasteiger charge is 2.24. The first-order valence-electron chi connectivity index (χ1n) is 7.50. The molecule has 0 bridgehead atoms. The Morgan fingerprint density at radius 2 is 1.80 bits per heavy atom. The summed E-state index contributed by atoms with van der Waals surface area (Å²) in [6.45, 7) is 10.5. The van der Waals surface area contributed by atoms with Crippen LogP contribution >= 0.6 is 0 Å². The van der Waals surface area contributed by atoms with Gasteiger partial charge in [0.25, 0.3) is 0 Å². The quantitative estimate of drug-likeness (QED) is 0.340. The normalized spacial score (nSPS) is 14.5. The lowest BCUT2D eigenvalue weighted by Crippen LogP contribution is -2.30. The van der Waals surface area contributed by atoms with Crippen molar-refractivity contribution in [3.8, 4) is 11.5 Å². The van der Waals surface area contributed by atoms with Crippen molar-refractivity contribution in [2.75, 3.05) is 6.61 Å². The molecule has 0 aromatic carbocycles. The van der Waals surface area contributed by atoms with Crippen LogP contribution in [0.1, 0.15) is 34.6 Å². The van der Waals surface area contributed by atoms with E-state index < -0.39 is 14.2 Å². The second-order valence-electron chi connectivity index (χ2n) is 5.03. The predicted octanol–water partition coefficient (Wildman–Crippen LogP) is 3.15. The molecule has 0 fully saturated rings. The molecule has 114 valence electrons.